The van der Waals surface area contributed by atoms with Crippen LogP contribution in [0.3, 0.4) is 0 Å². The van der Waals surface area contributed by atoms with E-state index >= 15 is 0 Å². The maximum atomic E-state index is 13.0. The predicted octanol–water partition coefficient (Wildman–Crippen LogP) is 3.44. The number of Topliss-reactive ketones (excluding diaryl/α,β-unsaturated/α-hetero) is 1. The van der Waals surface area contributed by atoms with Crippen LogP contribution in [-0.2, 0) is 14.3 Å². The van der Waals surface area contributed by atoms with Crippen LogP contribution in [0.2, 0.25) is 0 Å². The molecule has 6 nitrogen and oxygen atoms in total. The van der Waals surface area contributed by atoms with Gasteiger partial charge in [0.15, 0.2) is 5.78 Å². The number of rotatable bonds is 5. The summed E-state index contributed by atoms with van der Waals surface area (Å²) >= 11 is 0. The Labute approximate surface area is 147 Å². The lowest BCUT2D eigenvalue weighted by molar-refractivity contribution is -0.485. The Morgan fingerprint density at radius 3 is 2.36 bits per heavy atom. The Hall–Kier alpha value is -2.24. The lowest BCUT2D eigenvalue weighted by Crippen LogP contribution is -2.47. The second-order valence-electron chi connectivity index (χ2n) is 7.73. The summed E-state index contributed by atoms with van der Waals surface area (Å²) in [4.78, 5) is 36.6. The number of ketones is 1. The summed E-state index contributed by atoms with van der Waals surface area (Å²) in [6.45, 7) is 6.62. The smallest absolute Gasteiger partial charge is 0.321 e. The number of esters is 1. The van der Waals surface area contributed by atoms with Crippen molar-refractivity contribution in [2.45, 2.75) is 58.5 Å². The Morgan fingerprint density at radius 2 is 1.92 bits per heavy atom. The molecule has 1 aromatic carbocycles. The van der Waals surface area contributed by atoms with Crippen molar-refractivity contribution in [3.8, 4) is 0 Å². The molecule has 1 fully saturated rings. The maximum absolute atomic E-state index is 13.0. The molecule has 2 atom stereocenters. The predicted molar refractivity (Wildman–Crippen MR) is 92.9 cm³/mol. The molecule has 1 aliphatic rings. The van der Waals surface area contributed by atoms with Crippen molar-refractivity contribution in [1.82, 2.24) is 0 Å². The molecule has 0 spiro atoms. The second kappa shape index (κ2) is 6.94. The van der Waals surface area contributed by atoms with Crippen molar-refractivity contribution < 1.29 is 19.2 Å². The summed E-state index contributed by atoms with van der Waals surface area (Å²) < 4.78 is 5.52. The summed E-state index contributed by atoms with van der Waals surface area (Å²) in [7, 11) is 0. The Morgan fingerprint density at radius 1 is 1.32 bits per heavy atom. The van der Waals surface area contributed by atoms with Crippen molar-refractivity contribution in [1.29, 1.82) is 0 Å². The number of hydrogen-bond acceptors (Lipinski definition) is 5. The van der Waals surface area contributed by atoms with Gasteiger partial charge in [-0.2, -0.15) is 0 Å². The number of ether oxygens (including phenoxy) is 1. The molecule has 0 amide bonds. The first-order valence-corrected chi connectivity index (χ1v) is 8.51. The highest BCUT2D eigenvalue weighted by atomic mass is 16.6. The van der Waals surface area contributed by atoms with E-state index in [1.165, 1.54) is 0 Å². The minimum Gasteiger partial charge on any atom is -0.459 e. The molecule has 0 aromatic heterocycles. The van der Waals surface area contributed by atoms with Gasteiger partial charge in [0.05, 0.1) is 5.92 Å². The van der Waals surface area contributed by atoms with Gasteiger partial charge in [0.1, 0.15) is 11.0 Å². The highest BCUT2D eigenvalue weighted by Crippen LogP contribution is 2.48. The van der Waals surface area contributed by atoms with Gasteiger partial charge in [0, 0.05) is 11.3 Å². The normalized spacial score (nSPS) is 21.8. The zero-order valence-electron chi connectivity index (χ0n) is 15.2. The van der Waals surface area contributed by atoms with Crippen LogP contribution in [0, 0.1) is 22.5 Å². The first-order chi connectivity index (χ1) is 11.6. The SMILES string of the molecule is Cc1ccc([C@H](C[N+](=O)[O-])[C@]2(C(=O)OC(C)(C)C)CCCC2=O)cc1. The van der Waals surface area contributed by atoms with Gasteiger partial charge in [-0.25, -0.2) is 0 Å². The van der Waals surface area contributed by atoms with Gasteiger partial charge in [-0.1, -0.05) is 29.8 Å². The molecular formula is C19H25NO5. The summed E-state index contributed by atoms with van der Waals surface area (Å²) in [6.07, 6.45) is 1.07. The maximum Gasteiger partial charge on any atom is 0.321 e. The van der Waals surface area contributed by atoms with Gasteiger partial charge in [-0.3, -0.25) is 19.7 Å². The molecule has 1 aliphatic carbocycles. The molecule has 6 heteroatoms. The van der Waals surface area contributed by atoms with E-state index in [1.807, 2.05) is 19.1 Å². The zero-order valence-corrected chi connectivity index (χ0v) is 15.2. The van der Waals surface area contributed by atoms with E-state index in [2.05, 4.69) is 0 Å². The number of hydrogen-bond donors (Lipinski definition) is 0. The number of carbonyl (C=O) groups excluding carboxylic acids is 2. The van der Waals surface area contributed by atoms with E-state index in [0.717, 1.165) is 5.56 Å². The standard InChI is InChI=1S/C19H25NO5/c1-13-7-9-14(10-8-13)15(12-20(23)24)19(11-5-6-16(19)21)17(22)25-18(2,3)4/h7-10,15H,5-6,11-12H2,1-4H3/t15-,19+/m0/s1. The number of carbonyl (C=O) groups is 2. The van der Waals surface area contributed by atoms with Gasteiger partial charge in [0.2, 0.25) is 6.54 Å². The van der Waals surface area contributed by atoms with E-state index in [9.17, 15) is 19.7 Å². The largest absolute Gasteiger partial charge is 0.459 e. The van der Waals surface area contributed by atoms with Gasteiger partial charge in [-0.15, -0.1) is 0 Å². The van der Waals surface area contributed by atoms with E-state index < -0.39 is 34.4 Å². The molecule has 0 saturated heterocycles. The average Bonchev–Trinajstić information content (AvgIpc) is 2.86. The van der Waals surface area contributed by atoms with Crippen molar-refractivity contribution in [3.05, 3.63) is 45.5 Å². The lowest BCUT2D eigenvalue weighted by Gasteiger charge is -2.34. The Balaban J connectivity index is 2.54. The quantitative estimate of drug-likeness (QED) is 0.352. The summed E-state index contributed by atoms with van der Waals surface area (Å²) in [6, 6.07) is 7.21. The van der Waals surface area contributed by atoms with Crippen molar-refractivity contribution >= 4 is 11.8 Å². The third kappa shape index (κ3) is 4.06. The number of aryl methyl sites for hydroxylation is 1. The third-order valence-electron chi connectivity index (χ3n) is 4.64. The molecule has 0 bridgehead atoms. The molecule has 1 saturated carbocycles. The molecule has 0 unspecified atom stereocenters. The van der Waals surface area contributed by atoms with E-state index in [1.54, 1.807) is 32.9 Å². The van der Waals surface area contributed by atoms with Crippen LogP contribution in [0.5, 0.6) is 0 Å². The van der Waals surface area contributed by atoms with Gasteiger partial charge >= 0.3 is 5.97 Å². The van der Waals surface area contributed by atoms with Crippen LogP contribution < -0.4 is 0 Å². The molecule has 0 radical (unpaired) electrons. The molecular weight excluding hydrogens is 322 g/mol. The molecule has 1 aromatic rings. The average molecular weight is 347 g/mol. The summed E-state index contributed by atoms with van der Waals surface area (Å²) in [5.41, 5.74) is -0.606. The van der Waals surface area contributed by atoms with Crippen molar-refractivity contribution in [2.75, 3.05) is 6.54 Å². The minimum absolute atomic E-state index is 0.249. The van der Waals surface area contributed by atoms with Gasteiger partial charge in [0.25, 0.3) is 0 Å². The van der Waals surface area contributed by atoms with Crippen molar-refractivity contribution in [3.63, 3.8) is 0 Å². The van der Waals surface area contributed by atoms with Crippen LogP contribution in [-0.4, -0.2) is 28.8 Å². The monoisotopic (exact) mass is 347 g/mol. The molecule has 0 N–H and O–H groups in total. The fraction of sp³-hybridized carbons (Fsp3) is 0.579. The summed E-state index contributed by atoms with van der Waals surface area (Å²) in [5, 5.41) is 11.3. The van der Waals surface area contributed by atoms with Crippen LogP contribution >= 0.6 is 0 Å². The molecule has 25 heavy (non-hydrogen) atoms. The molecule has 0 aliphatic heterocycles. The fourth-order valence-corrected chi connectivity index (χ4v) is 3.48. The van der Waals surface area contributed by atoms with Gasteiger partial charge < -0.3 is 4.74 Å². The zero-order chi connectivity index (χ0) is 18.8. The van der Waals surface area contributed by atoms with E-state index in [-0.39, 0.29) is 18.6 Å². The highest BCUT2D eigenvalue weighted by molar-refractivity contribution is 6.06. The van der Waals surface area contributed by atoms with Crippen molar-refractivity contribution in [2.24, 2.45) is 5.41 Å². The number of benzene rings is 1. The van der Waals surface area contributed by atoms with Crippen LogP contribution in [0.4, 0.5) is 0 Å². The Kier molecular flexibility index (Phi) is 5.30. The molecule has 136 valence electrons. The Bertz CT molecular complexity index is 674. The van der Waals surface area contributed by atoms with Gasteiger partial charge in [-0.05, 0) is 46.1 Å². The topological polar surface area (TPSA) is 86.5 Å². The molecule has 0 heterocycles. The van der Waals surface area contributed by atoms with Crippen LogP contribution in [0.25, 0.3) is 0 Å². The second-order valence-corrected chi connectivity index (χ2v) is 7.73. The fourth-order valence-electron chi connectivity index (χ4n) is 3.48. The first kappa shape index (κ1) is 19.1. The van der Waals surface area contributed by atoms with Crippen LogP contribution in [0.1, 0.15) is 57.1 Å². The molecule has 2 rings (SSSR count). The van der Waals surface area contributed by atoms with E-state index in [0.29, 0.717) is 12.0 Å². The third-order valence-corrected chi connectivity index (χ3v) is 4.64. The first-order valence-electron chi connectivity index (χ1n) is 8.51. The number of nitro groups is 1. The highest BCUT2D eigenvalue weighted by Gasteiger charge is 2.58. The lowest BCUT2D eigenvalue weighted by atomic mass is 9.69. The minimum atomic E-state index is -1.48. The van der Waals surface area contributed by atoms with E-state index in [4.69, 9.17) is 4.74 Å². The van der Waals surface area contributed by atoms with Crippen LogP contribution in [0.15, 0.2) is 24.3 Å². The summed E-state index contributed by atoms with van der Waals surface area (Å²) in [5.74, 6) is -1.72. The number of nitrogens with zero attached hydrogens (tertiary/aromatic N) is 1.